The Balaban J connectivity index is 1.33. The van der Waals surface area contributed by atoms with Gasteiger partial charge in [-0.2, -0.15) is 35.5 Å². The van der Waals surface area contributed by atoms with E-state index in [2.05, 4.69) is 20.5 Å². The zero-order chi connectivity index (χ0) is 34.3. The number of thiazole rings is 1. The van der Waals surface area contributed by atoms with Crippen molar-refractivity contribution in [2.75, 3.05) is 11.9 Å². The third-order valence-corrected chi connectivity index (χ3v) is 10.8. The number of nitrogens with one attached hydrogen (secondary N) is 1. The van der Waals surface area contributed by atoms with Gasteiger partial charge >= 0.3 is 0 Å². The molecule has 0 aliphatic carbocycles. The van der Waals surface area contributed by atoms with Crippen molar-refractivity contribution in [1.29, 1.82) is 0 Å². The van der Waals surface area contributed by atoms with E-state index >= 15 is 0 Å². The number of nitrogens with zero attached hydrogens (tertiary/aromatic N) is 3. The maximum absolute atomic E-state index is 12.6. The van der Waals surface area contributed by atoms with Gasteiger partial charge in [-0.3, -0.25) is 23.2 Å². The Morgan fingerprint density at radius 1 is 0.830 bits per heavy atom. The van der Waals surface area contributed by atoms with Gasteiger partial charge in [0.05, 0.1) is 16.6 Å². The van der Waals surface area contributed by atoms with Crippen molar-refractivity contribution < 1.29 is 48.5 Å². The van der Waals surface area contributed by atoms with Crippen LogP contribution in [-0.4, -0.2) is 62.1 Å². The number of azo groups is 1. The van der Waals surface area contributed by atoms with Crippen LogP contribution in [-0.2, 0) is 39.9 Å². The molecule has 5 aromatic rings. The SMILES string of the molecule is Cc1ccc2nc(-c3ccc(N=NCC(=O)CC(=O)Nc4ccc(S(=O)(=O)O)c5ccccc45)c(S(=O)(=O)O)c3)sc2c1S(=O)(=O)O. The van der Waals surface area contributed by atoms with E-state index in [1.807, 2.05) is 0 Å². The standard InChI is InChI=1S/C28H22N4O11S4/c1-15-6-8-22-26(27(15)47(41,42)43)44-28(31-22)16-7-9-21(24(12-16)46(38,39)40)32-29-14-17(33)13-25(34)30-20-10-11-23(45(35,36)37)19-5-3-2-4-18(19)20/h2-12H,13-14H2,1H3,(H,30,34)(H,35,36,37)(H,38,39,40)(H,41,42,43). The van der Waals surface area contributed by atoms with Gasteiger partial charge in [-0.25, -0.2) is 4.98 Å². The Morgan fingerprint density at radius 3 is 2.17 bits per heavy atom. The normalized spacial score (nSPS) is 12.6. The smallest absolute Gasteiger partial charge is 0.296 e. The third kappa shape index (κ3) is 7.41. The minimum Gasteiger partial charge on any atom is -0.325 e. The fraction of sp³-hybridized carbons (Fsp3) is 0.107. The Kier molecular flexibility index (Phi) is 9.08. The van der Waals surface area contributed by atoms with Crippen molar-refractivity contribution in [2.24, 2.45) is 10.2 Å². The molecule has 0 atom stereocenters. The number of fused-ring (bicyclic) bond motifs is 2. The van der Waals surface area contributed by atoms with Crippen LogP contribution in [0.1, 0.15) is 12.0 Å². The van der Waals surface area contributed by atoms with E-state index in [9.17, 15) is 48.5 Å². The molecule has 5 rings (SSSR count). The number of hydrogen-bond acceptors (Lipinski definition) is 12. The zero-order valence-corrected chi connectivity index (χ0v) is 27.1. The van der Waals surface area contributed by atoms with E-state index in [1.165, 1.54) is 49.4 Å². The molecular formula is C28H22N4O11S4. The van der Waals surface area contributed by atoms with Gasteiger partial charge in [0.1, 0.15) is 31.9 Å². The summed E-state index contributed by atoms with van der Waals surface area (Å²) in [7, 11) is -14.0. The average Bonchev–Trinajstić information content (AvgIpc) is 3.39. The van der Waals surface area contributed by atoms with Crippen LogP contribution in [0.3, 0.4) is 0 Å². The summed E-state index contributed by atoms with van der Waals surface area (Å²) in [5, 5.41) is 10.5. The summed E-state index contributed by atoms with van der Waals surface area (Å²) in [6.45, 7) is 0.850. The summed E-state index contributed by atoms with van der Waals surface area (Å²) in [6, 6.07) is 15.0. The molecule has 0 saturated heterocycles. The Hall–Kier alpha value is -4.50. The van der Waals surface area contributed by atoms with Gasteiger partial charge in [0.25, 0.3) is 30.4 Å². The number of anilines is 1. The van der Waals surface area contributed by atoms with E-state index in [1.54, 1.807) is 12.1 Å². The third-order valence-electron chi connectivity index (χ3n) is 6.67. The molecule has 0 saturated carbocycles. The average molecular weight is 719 g/mol. The summed E-state index contributed by atoms with van der Waals surface area (Å²) in [6.07, 6.45) is -0.667. The molecule has 4 N–H and O–H groups in total. The molecular weight excluding hydrogens is 697 g/mol. The molecule has 0 aliphatic rings. The van der Waals surface area contributed by atoms with Gasteiger partial charge in [0, 0.05) is 22.0 Å². The molecule has 0 radical (unpaired) electrons. The molecule has 0 aliphatic heterocycles. The number of rotatable bonds is 10. The van der Waals surface area contributed by atoms with Crippen LogP contribution in [0.4, 0.5) is 11.4 Å². The molecule has 4 aromatic carbocycles. The van der Waals surface area contributed by atoms with Crippen molar-refractivity contribution in [3.05, 3.63) is 72.3 Å². The minimum absolute atomic E-state index is 0.144. The highest BCUT2D eigenvalue weighted by molar-refractivity contribution is 7.86. The molecule has 1 aromatic heterocycles. The van der Waals surface area contributed by atoms with Crippen molar-refractivity contribution in [2.45, 2.75) is 28.0 Å². The van der Waals surface area contributed by atoms with Gasteiger partial charge in [-0.15, -0.1) is 11.3 Å². The number of Topliss-reactive ketones (excluding diaryl/α,β-unsaturated/α-hetero) is 1. The molecule has 47 heavy (non-hydrogen) atoms. The monoisotopic (exact) mass is 718 g/mol. The highest BCUT2D eigenvalue weighted by Crippen LogP contribution is 2.38. The van der Waals surface area contributed by atoms with E-state index in [-0.39, 0.29) is 52.9 Å². The van der Waals surface area contributed by atoms with Crippen molar-refractivity contribution in [3.63, 3.8) is 0 Å². The maximum atomic E-state index is 12.6. The van der Waals surface area contributed by atoms with Gasteiger partial charge in [0.15, 0.2) is 5.78 Å². The molecule has 0 fully saturated rings. The van der Waals surface area contributed by atoms with Crippen LogP contribution >= 0.6 is 11.3 Å². The lowest BCUT2D eigenvalue weighted by atomic mass is 10.1. The van der Waals surface area contributed by atoms with Crippen LogP contribution in [0.5, 0.6) is 0 Å². The summed E-state index contributed by atoms with van der Waals surface area (Å²) in [4.78, 5) is 28.0. The van der Waals surface area contributed by atoms with Gasteiger partial charge in [-0.05, 0) is 48.9 Å². The van der Waals surface area contributed by atoms with Crippen LogP contribution in [0, 0.1) is 6.92 Å². The lowest BCUT2D eigenvalue weighted by Crippen LogP contribution is -2.18. The van der Waals surface area contributed by atoms with Crippen LogP contribution in [0.15, 0.2) is 91.6 Å². The van der Waals surface area contributed by atoms with Crippen molar-refractivity contribution in [1.82, 2.24) is 4.98 Å². The largest absolute Gasteiger partial charge is 0.325 e. The molecule has 0 spiro atoms. The minimum atomic E-state index is -4.88. The van der Waals surface area contributed by atoms with E-state index in [4.69, 9.17) is 0 Å². The first-order valence-corrected chi connectivity index (χ1v) is 18.2. The van der Waals surface area contributed by atoms with E-state index < -0.39 is 59.9 Å². The first-order chi connectivity index (χ1) is 21.9. The Labute approximate surface area is 271 Å². The number of aryl methyl sites for hydroxylation is 1. The predicted molar refractivity (Wildman–Crippen MR) is 171 cm³/mol. The first kappa shape index (κ1) is 33.9. The lowest BCUT2D eigenvalue weighted by Gasteiger charge is -2.10. The number of amides is 1. The number of benzene rings is 4. The van der Waals surface area contributed by atoms with Crippen molar-refractivity contribution in [3.8, 4) is 10.6 Å². The quantitative estimate of drug-likeness (QED) is 0.0860. The second-order valence-corrected chi connectivity index (χ2v) is 15.1. The fourth-order valence-electron chi connectivity index (χ4n) is 4.67. The highest BCUT2D eigenvalue weighted by Gasteiger charge is 2.23. The number of hydrogen-bond donors (Lipinski definition) is 4. The highest BCUT2D eigenvalue weighted by atomic mass is 32.2. The van der Waals surface area contributed by atoms with Crippen LogP contribution in [0.2, 0.25) is 0 Å². The molecule has 1 amide bonds. The zero-order valence-electron chi connectivity index (χ0n) is 23.8. The second kappa shape index (κ2) is 12.6. The Morgan fingerprint density at radius 2 is 1.51 bits per heavy atom. The number of carbonyl (C=O) groups is 2. The summed E-state index contributed by atoms with van der Waals surface area (Å²) >= 11 is 0.872. The number of aromatic nitrogens is 1. The number of carbonyl (C=O) groups excluding carboxylic acids is 2. The fourth-order valence-corrected chi connectivity index (χ4v) is 8.33. The second-order valence-electron chi connectivity index (χ2n) is 10.0. The summed E-state index contributed by atoms with van der Waals surface area (Å²) in [5.74, 6) is -1.48. The molecule has 244 valence electrons. The molecule has 15 nitrogen and oxygen atoms in total. The molecule has 0 unspecified atom stereocenters. The predicted octanol–water partition coefficient (Wildman–Crippen LogP) is 4.85. The Bertz CT molecular complexity index is 2470. The maximum Gasteiger partial charge on any atom is 0.296 e. The molecule has 1 heterocycles. The van der Waals surface area contributed by atoms with Crippen LogP contribution < -0.4 is 5.32 Å². The topological polar surface area (TPSA) is 247 Å². The van der Waals surface area contributed by atoms with E-state index in [0.717, 1.165) is 23.5 Å². The summed E-state index contributed by atoms with van der Waals surface area (Å²) < 4.78 is 101. The first-order valence-electron chi connectivity index (χ1n) is 13.1. The van der Waals surface area contributed by atoms with E-state index in [0.29, 0.717) is 5.39 Å². The molecule has 19 heteroatoms. The van der Waals surface area contributed by atoms with Gasteiger partial charge < -0.3 is 5.32 Å². The van der Waals surface area contributed by atoms with Gasteiger partial charge in [-0.1, -0.05) is 30.3 Å². The summed E-state index contributed by atoms with van der Waals surface area (Å²) in [5.41, 5.74) is 0.518. The van der Waals surface area contributed by atoms with Crippen LogP contribution in [0.25, 0.3) is 31.6 Å². The van der Waals surface area contributed by atoms with Gasteiger partial charge in [0.2, 0.25) is 5.91 Å². The number of ketones is 1. The molecule has 0 bridgehead atoms. The van der Waals surface area contributed by atoms with Crippen molar-refractivity contribution >= 4 is 85.7 Å². The lowest BCUT2D eigenvalue weighted by molar-refractivity contribution is -0.124.